The van der Waals surface area contributed by atoms with E-state index in [4.69, 9.17) is 10.6 Å². The number of aryl methyl sites for hydroxylation is 1. The molecule has 0 spiro atoms. The van der Waals surface area contributed by atoms with Crippen molar-refractivity contribution in [2.45, 2.75) is 13.5 Å². The lowest BCUT2D eigenvalue weighted by molar-refractivity contribution is 0.121. The SMILES string of the molecule is COc1c(C)ccc(Br)c1CON. The van der Waals surface area contributed by atoms with Gasteiger partial charge in [0.25, 0.3) is 0 Å². The maximum Gasteiger partial charge on any atom is 0.128 e. The van der Waals surface area contributed by atoms with E-state index in [0.29, 0.717) is 6.61 Å². The van der Waals surface area contributed by atoms with Crippen molar-refractivity contribution in [3.05, 3.63) is 27.7 Å². The Balaban J connectivity index is 3.18. The molecule has 1 aromatic carbocycles. The minimum Gasteiger partial charge on any atom is -0.496 e. The van der Waals surface area contributed by atoms with Gasteiger partial charge in [0, 0.05) is 10.0 Å². The van der Waals surface area contributed by atoms with Gasteiger partial charge in [-0.05, 0) is 18.6 Å². The summed E-state index contributed by atoms with van der Waals surface area (Å²) in [7, 11) is 1.63. The summed E-state index contributed by atoms with van der Waals surface area (Å²) in [5.41, 5.74) is 2.00. The van der Waals surface area contributed by atoms with Crippen LogP contribution in [0, 0.1) is 6.92 Å². The largest absolute Gasteiger partial charge is 0.496 e. The van der Waals surface area contributed by atoms with Gasteiger partial charge in [-0.25, -0.2) is 5.90 Å². The molecule has 0 aliphatic rings. The number of nitrogens with two attached hydrogens (primary N) is 1. The zero-order valence-electron chi connectivity index (χ0n) is 7.63. The van der Waals surface area contributed by atoms with Gasteiger partial charge in [0.05, 0.1) is 13.7 Å². The standard InChI is InChI=1S/C9H12BrNO2/c1-6-3-4-8(10)7(5-13-11)9(6)12-2/h3-4H,5,11H2,1-2H3. The van der Waals surface area contributed by atoms with Crippen LogP contribution in [0.15, 0.2) is 16.6 Å². The van der Waals surface area contributed by atoms with Crippen LogP contribution in [0.4, 0.5) is 0 Å². The van der Waals surface area contributed by atoms with Gasteiger partial charge in [-0.3, -0.25) is 4.84 Å². The number of rotatable bonds is 3. The summed E-state index contributed by atoms with van der Waals surface area (Å²) in [4.78, 5) is 4.60. The Morgan fingerprint density at radius 1 is 1.46 bits per heavy atom. The zero-order chi connectivity index (χ0) is 9.84. The highest BCUT2D eigenvalue weighted by Crippen LogP contribution is 2.30. The third-order valence-electron chi connectivity index (χ3n) is 1.83. The van der Waals surface area contributed by atoms with E-state index in [1.54, 1.807) is 7.11 Å². The molecule has 2 N–H and O–H groups in total. The van der Waals surface area contributed by atoms with Crippen LogP contribution < -0.4 is 10.6 Å². The fourth-order valence-electron chi connectivity index (χ4n) is 1.22. The Bertz CT molecular complexity index is 302. The van der Waals surface area contributed by atoms with Crippen molar-refractivity contribution in [2.24, 2.45) is 5.90 Å². The molecule has 0 bridgehead atoms. The second kappa shape index (κ2) is 4.60. The quantitative estimate of drug-likeness (QED) is 0.831. The number of halogens is 1. The van der Waals surface area contributed by atoms with E-state index >= 15 is 0 Å². The molecule has 0 aliphatic carbocycles. The van der Waals surface area contributed by atoms with Crippen LogP contribution in [0.3, 0.4) is 0 Å². The Morgan fingerprint density at radius 2 is 2.15 bits per heavy atom. The van der Waals surface area contributed by atoms with Crippen molar-refractivity contribution in [2.75, 3.05) is 7.11 Å². The molecule has 0 fully saturated rings. The minimum absolute atomic E-state index is 0.339. The van der Waals surface area contributed by atoms with Crippen LogP contribution in [0.1, 0.15) is 11.1 Å². The molecular weight excluding hydrogens is 234 g/mol. The molecule has 13 heavy (non-hydrogen) atoms. The molecule has 0 atom stereocenters. The lowest BCUT2D eigenvalue weighted by Crippen LogP contribution is -2.03. The van der Waals surface area contributed by atoms with E-state index in [1.165, 1.54) is 0 Å². The van der Waals surface area contributed by atoms with Crippen LogP contribution in [-0.2, 0) is 11.4 Å². The Morgan fingerprint density at radius 3 is 2.69 bits per heavy atom. The van der Waals surface area contributed by atoms with Crippen molar-refractivity contribution in [3.63, 3.8) is 0 Å². The fourth-order valence-corrected chi connectivity index (χ4v) is 1.65. The van der Waals surface area contributed by atoms with E-state index in [2.05, 4.69) is 20.8 Å². The van der Waals surface area contributed by atoms with Crippen LogP contribution >= 0.6 is 15.9 Å². The molecule has 1 aromatic rings. The highest BCUT2D eigenvalue weighted by molar-refractivity contribution is 9.10. The molecule has 0 radical (unpaired) electrons. The first kappa shape index (κ1) is 10.5. The van der Waals surface area contributed by atoms with Gasteiger partial charge >= 0.3 is 0 Å². The van der Waals surface area contributed by atoms with Crippen molar-refractivity contribution >= 4 is 15.9 Å². The first-order valence-electron chi connectivity index (χ1n) is 3.84. The van der Waals surface area contributed by atoms with Gasteiger partial charge in [0.15, 0.2) is 0 Å². The fraction of sp³-hybridized carbons (Fsp3) is 0.333. The second-order valence-electron chi connectivity index (χ2n) is 2.69. The van der Waals surface area contributed by atoms with E-state index in [-0.39, 0.29) is 0 Å². The molecule has 0 aliphatic heterocycles. The Labute approximate surface area is 85.9 Å². The van der Waals surface area contributed by atoms with E-state index in [9.17, 15) is 0 Å². The number of methoxy groups -OCH3 is 1. The third-order valence-corrected chi connectivity index (χ3v) is 2.57. The number of benzene rings is 1. The van der Waals surface area contributed by atoms with Gasteiger partial charge in [-0.15, -0.1) is 0 Å². The lowest BCUT2D eigenvalue weighted by atomic mass is 10.1. The monoisotopic (exact) mass is 245 g/mol. The van der Waals surface area contributed by atoms with Crippen LogP contribution in [0.2, 0.25) is 0 Å². The summed E-state index contributed by atoms with van der Waals surface area (Å²) >= 11 is 3.41. The molecule has 1 rings (SSSR count). The van der Waals surface area contributed by atoms with Crippen molar-refractivity contribution in [1.82, 2.24) is 0 Å². The molecule has 4 heteroatoms. The summed E-state index contributed by atoms with van der Waals surface area (Å²) in [6, 6.07) is 3.93. The Kier molecular flexibility index (Phi) is 3.71. The third kappa shape index (κ3) is 2.21. The molecular formula is C9H12BrNO2. The van der Waals surface area contributed by atoms with E-state index in [1.807, 2.05) is 19.1 Å². The smallest absolute Gasteiger partial charge is 0.128 e. The average molecular weight is 246 g/mol. The van der Waals surface area contributed by atoms with Crippen LogP contribution in [-0.4, -0.2) is 7.11 Å². The van der Waals surface area contributed by atoms with Crippen molar-refractivity contribution < 1.29 is 9.57 Å². The highest BCUT2D eigenvalue weighted by atomic mass is 79.9. The normalized spacial score (nSPS) is 10.2. The second-order valence-corrected chi connectivity index (χ2v) is 3.54. The number of ether oxygens (including phenoxy) is 1. The maximum atomic E-state index is 5.24. The lowest BCUT2D eigenvalue weighted by Gasteiger charge is -2.11. The number of hydrogen-bond donors (Lipinski definition) is 1. The minimum atomic E-state index is 0.339. The average Bonchev–Trinajstić information content (AvgIpc) is 2.12. The molecule has 0 heterocycles. The molecule has 72 valence electrons. The molecule has 0 unspecified atom stereocenters. The summed E-state index contributed by atoms with van der Waals surface area (Å²) < 4.78 is 6.19. The first-order chi connectivity index (χ1) is 6.20. The first-order valence-corrected chi connectivity index (χ1v) is 4.63. The predicted octanol–water partition coefficient (Wildman–Crippen LogP) is 2.16. The highest BCUT2D eigenvalue weighted by Gasteiger charge is 2.09. The molecule has 0 saturated carbocycles. The maximum absolute atomic E-state index is 5.24. The predicted molar refractivity (Wildman–Crippen MR) is 54.4 cm³/mol. The van der Waals surface area contributed by atoms with Crippen LogP contribution in [0.5, 0.6) is 5.75 Å². The van der Waals surface area contributed by atoms with Crippen molar-refractivity contribution in [3.8, 4) is 5.75 Å². The van der Waals surface area contributed by atoms with Gasteiger partial charge < -0.3 is 4.74 Å². The van der Waals surface area contributed by atoms with Gasteiger partial charge in [-0.1, -0.05) is 22.0 Å². The zero-order valence-corrected chi connectivity index (χ0v) is 9.22. The Hall–Kier alpha value is -0.580. The molecule has 0 amide bonds. The van der Waals surface area contributed by atoms with Gasteiger partial charge in [-0.2, -0.15) is 0 Å². The van der Waals surface area contributed by atoms with E-state index in [0.717, 1.165) is 21.3 Å². The van der Waals surface area contributed by atoms with E-state index < -0.39 is 0 Å². The molecule has 0 saturated heterocycles. The topological polar surface area (TPSA) is 44.5 Å². The molecule has 3 nitrogen and oxygen atoms in total. The van der Waals surface area contributed by atoms with Crippen LogP contribution in [0.25, 0.3) is 0 Å². The van der Waals surface area contributed by atoms with Gasteiger partial charge in [0.2, 0.25) is 0 Å². The number of hydrogen-bond acceptors (Lipinski definition) is 3. The molecule has 0 aromatic heterocycles. The summed E-state index contributed by atoms with van der Waals surface area (Å²) in [6.07, 6.45) is 0. The summed E-state index contributed by atoms with van der Waals surface area (Å²) in [5, 5.41) is 0. The summed E-state index contributed by atoms with van der Waals surface area (Å²) in [6.45, 7) is 2.32. The summed E-state index contributed by atoms with van der Waals surface area (Å²) in [5.74, 6) is 5.85. The van der Waals surface area contributed by atoms with Gasteiger partial charge in [0.1, 0.15) is 5.75 Å². The van der Waals surface area contributed by atoms with Crippen molar-refractivity contribution in [1.29, 1.82) is 0 Å².